The number of hydrogen-bond donors (Lipinski definition) is 3. The number of esters is 1. The van der Waals surface area contributed by atoms with E-state index in [0.717, 1.165) is 11.1 Å². The van der Waals surface area contributed by atoms with Gasteiger partial charge in [-0.15, -0.1) is 0 Å². The fraction of sp³-hybridized carbons (Fsp3) is 0.630. The molecule has 0 radical (unpaired) electrons. The Labute approximate surface area is 226 Å². The third-order valence-corrected chi connectivity index (χ3v) is 6.05. The lowest BCUT2D eigenvalue weighted by atomic mass is 9.94. The van der Waals surface area contributed by atoms with Crippen molar-refractivity contribution >= 4 is 36.5 Å². The molecule has 0 heterocycles. The van der Waals surface area contributed by atoms with Crippen molar-refractivity contribution in [3.63, 3.8) is 0 Å². The summed E-state index contributed by atoms with van der Waals surface area (Å²) < 4.78 is 10.3. The molecular weight excluding hydrogens is 494 g/mol. The maximum Gasteiger partial charge on any atom is 0.408 e. The summed E-state index contributed by atoms with van der Waals surface area (Å²) in [7, 11) is 0. The third kappa shape index (κ3) is 10.3. The largest absolute Gasteiger partial charge is 0.466 e. The lowest BCUT2D eigenvalue weighted by Gasteiger charge is -2.38. The van der Waals surface area contributed by atoms with Crippen molar-refractivity contribution in [2.45, 2.75) is 92.0 Å². The quantitative estimate of drug-likeness (QED) is 0.276. The molecule has 3 atom stereocenters. The lowest BCUT2D eigenvalue weighted by molar-refractivity contribution is -0.145. The van der Waals surface area contributed by atoms with Gasteiger partial charge in [0, 0.05) is 18.3 Å². The molecule has 0 saturated heterocycles. The molecule has 10 heteroatoms. The van der Waals surface area contributed by atoms with Crippen LogP contribution in [0.4, 0.5) is 4.79 Å². The predicted molar refractivity (Wildman–Crippen MR) is 147 cm³/mol. The van der Waals surface area contributed by atoms with E-state index in [1.54, 1.807) is 27.7 Å². The van der Waals surface area contributed by atoms with Crippen LogP contribution in [0.5, 0.6) is 0 Å². The summed E-state index contributed by atoms with van der Waals surface area (Å²) in [5.74, 6) is -1.30. The molecule has 1 aromatic carbocycles. The Kier molecular flexibility index (Phi) is 13.0. The number of carbonyl (C=O) groups is 4. The normalized spacial score (nSPS) is 13.6. The van der Waals surface area contributed by atoms with E-state index in [9.17, 15) is 19.2 Å². The Morgan fingerprint density at radius 3 is 2.30 bits per heavy atom. The van der Waals surface area contributed by atoms with E-state index >= 15 is 0 Å². The molecule has 9 nitrogen and oxygen atoms in total. The van der Waals surface area contributed by atoms with Gasteiger partial charge in [0.25, 0.3) is 0 Å². The number of rotatable bonds is 12. The van der Waals surface area contributed by atoms with Crippen molar-refractivity contribution in [3.8, 4) is 0 Å². The van der Waals surface area contributed by atoms with Crippen LogP contribution in [-0.2, 0) is 23.9 Å². The second kappa shape index (κ2) is 14.9. The highest BCUT2D eigenvalue weighted by Gasteiger charge is 2.38. The van der Waals surface area contributed by atoms with E-state index in [4.69, 9.17) is 9.47 Å². The number of carbonyl (C=O) groups excluding carboxylic acids is 4. The minimum atomic E-state index is -1.02. The topological polar surface area (TPSA) is 114 Å². The fourth-order valence-electron chi connectivity index (χ4n) is 3.70. The smallest absolute Gasteiger partial charge is 0.408 e. The summed E-state index contributed by atoms with van der Waals surface area (Å²) in [4.78, 5) is 53.3. The number of nitrogens with one attached hydrogen (secondary N) is 2. The molecule has 3 unspecified atom stereocenters. The van der Waals surface area contributed by atoms with Gasteiger partial charge in [-0.2, -0.15) is 12.6 Å². The first-order valence-electron chi connectivity index (χ1n) is 12.7. The third-order valence-electron chi connectivity index (χ3n) is 5.68. The van der Waals surface area contributed by atoms with Gasteiger partial charge in [-0.3, -0.25) is 14.4 Å². The molecule has 0 aromatic heterocycles. The molecule has 0 saturated carbocycles. The maximum absolute atomic E-state index is 13.9. The average molecular weight is 538 g/mol. The van der Waals surface area contributed by atoms with Gasteiger partial charge in [-0.25, -0.2) is 4.79 Å². The molecule has 0 aliphatic heterocycles. The molecule has 3 amide bonds. The van der Waals surface area contributed by atoms with Gasteiger partial charge >= 0.3 is 12.1 Å². The zero-order valence-electron chi connectivity index (χ0n) is 23.3. The minimum absolute atomic E-state index is 0.00894. The van der Waals surface area contributed by atoms with E-state index in [0.29, 0.717) is 12.0 Å². The Bertz CT molecular complexity index is 947. The Balaban J connectivity index is 3.43. The number of benzene rings is 1. The van der Waals surface area contributed by atoms with Crippen molar-refractivity contribution in [1.29, 1.82) is 0 Å². The number of thiol groups is 1. The first-order valence-corrected chi connectivity index (χ1v) is 13.3. The SMILES string of the molecule is CCOC(=O)CCNC(=O)C(c1cc(C)ccc1C)N(C(=O)C(CS)NC(=O)OC(C)(C)C)C(C)CC. The fourth-order valence-corrected chi connectivity index (χ4v) is 3.95. The molecule has 0 bridgehead atoms. The Hall–Kier alpha value is -2.75. The van der Waals surface area contributed by atoms with Gasteiger partial charge in [0.1, 0.15) is 17.7 Å². The van der Waals surface area contributed by atoms with E-state index in [1.165, 1.54) is 4.90 Å². The molecule has 2 N–H and O–H groups in total. The van der Waals surface area contributed by atoms with Crippen LogP contribution < -0.4 is 10.6 Å². The molecule has 0 aliphatic carbocycles. The van der Waals surface area contributed by atoms with Crippen LogP contribution >= 0.6 is 12.6 Å². The zero-order valence-corrected chi connectivity index (χ0v) is 24.2. The summed E-state index contributed by atoms with van der Waals surface area (Å²) in [5.41, 5.74) is 1.68. The summed E-state index contributed by atoms with van der Waals surface area (Å²) >= 11 is 4.31. The highest BCUT2D eigenvalue weighted by Crippen LogP contribution is 2.29. The van der Waals surface area contributed by atoms with E-state index in [1.807, 2.05) is 45.9 Å². The molecule has 0 spiro atoms. The lowest BCUT2D eigenvalue weighted by Crippen LogP contribution is -2.56. The highest BCUT2D eigenvalue weighted by molar-refractivity contribution is 7.80. The van der Waals surface area contributed by atoms with Gasteiger partial charge in [-0.1, -0.05) is 30.7 Å². The van der Waals surface area contributed by atoms with Gasteiger partial charge in [0.2, 0.25) is 11.8 Å². The van der Waals surface area contributed by atoms with Crippen LogP contribution in [0.25, 0.3) is 0 Å². The Morgan fingerprint density at radius 1 is 1.11 bits per heavy atom. The van der Waals surface area contributed by atoms with Gasteiger partial charge in [-0.05, 0) is 66.0 Å². The summed E-state index contributed by atoms with van der Waals surface area (Å²) in [6.45, 7) is 14.8. The molecule has 0 fully saturated rings. The standard InChI is InChI=1S/C27H43N3O6S/c1-9-19(5)30(25(33)21(16-37)29-26(34)36-27(6,7)8)23(20-15-17(3)11-12-18(20)4)24(32)28-14-13-22(31)35-10-2/h11-12,15,19,21,23,37H,9-10,13-14,16H2,1-8H3,(H,28,32)(H,29,34). The molecule has 1 rings (SSSR count). The second-order valence-electron chi connectivity index (χ2n) is 9.99. The number of aryl methyl sites for hydroxylation is 2. The van der Waals surface area contributed by atoms with Crippen LogP contribution in [0.2, 0.25) is 0 Å². The van der Waals surface area contributed by atoms with Crippen LogP contribution in [0.15, 0.2) is 18.2 Å². The van der Waals surface area contributed by atoms with Crippen molar-refractivity contribution in [3.05, 3.63) is 34.9 Å². The summed E-state index contributed by atoms with van der Waals surface area (Å²) in [6, 6.07) is 3.35. The maximum atomic E-state index is 13.9. The van der Waals surface area contributed by atoms with Crippen LogP contribution in [-0.4, -0.2) is 65.4 Å². The monoisotopic (exact) mass is 537 g/mol. The number of amides is 3. The molecule has 1 aromatic rings. The number of nitrogens with zero attached hydrogens (tertiary/aromatic N) is 1. The molecule has 37 heavy (non-hydrogen) atoms. The first kappa shape index (κ1) is 32.3. The summed E-state index contributed by atoms with van der Waals surface area (Å²) in [5, 5.41) is 5.40. The van der Waals surface area contributed by atoms with Crippen LogP contribution in [0, 0.1) is 13.8 Å². The molecule has 208 valence electrons. The zero-order chi connectivity index (χ0) is 28.3. The van der Waals surface area contributed by atoms with Gasteiger partial charge in [0.05, 0.1) is 13.0 Å². The van der Waals surface area contributed by atoms with E-state index < -0.39 is 41.6 Å². The van der Waals surface area contributed by atoms with Gasteiger partial charge < -0.3 is 25.0 Å². The molecular formula is C27H43N3O6S. The van der Waals surface area contributed by atoms with Crippen molar-refractivity contribution in [2.75, 3.05) is 18.9 Å². The van der Waals surface area contributed by atoms with Crippen LogP contribution in [0.1, 0.15) is 77.1 Å². The van der Waals surface area contributed by atoms with Crippen molar-refractivity contribution < 1.29 is 28.7 Å². The van der Waals surface area contributed by atoms with E-state index in [2.05, 4.69) is 23.3 Å². The summed E-state index contributed by atoms with van der Waals surface area (Å²) in [6.07, 6.45) is -0.170. The van der Waals surface area contributed by atoms with Gasteiger partial charge in [0.15, 0.2) is 0 Å². The number of alkyl carbamates (subject to hydrolysis) is 1. The Morgan fingerprint density at radius 2 is 1.76 bits per heavy atom. The van der Waals surface area contributed by atoms with E-state index in [-0.39, 0.29) is 31.4 Å². The van der Waals surface area contributed by atoms with Crippen LogP contribution in [0.3, 0.4) is 0 Å². The highest BCUT2D eigenvalue weighted by atomic mass is 32.1. The number of hydrogen-bond acceptors (Lipinski definition) is 7. The van der Waals surface area contributed by atoms with Crippen molar-refractivity contribution in [2.24, 2.45) is 0 Å². The number of ether oxygens (including phenoxy) is 2. The minimum Gasteiger partial charge on any atom is -0.466 e. The van der Waals surface area contributed by atoms with Crippen molar-refractivity contribution in [1.82, 2.24) is 15.5 Å². The predicted octanol–water partition coefficient (Wildman–Crippen LogP) is 3.86. The first-order chi connectivity index (χ1) is 17.2. The second-order valence-corrected chi connectivity index (χ2v) is 10.4. The average Bonchev–Trinajstić information content (AvgIpc) is 2.80. The molecule has 0 aliphatic rings.